The van der Waals surface area contributed by atoms with Gasteiger partial charge in [0.15, 0.2) is 5.96 Å². The molecule has 0 amide bonds. The third-order valence-electron chi connectivity index (χ3n) is 5.35. The highest BCUT2D eigenvalue weighted by atomic mass is 127. The second kappa shape index (κ2) is 14.1. The van der Waals surface area contributed by atoms with E-state index >= 15 is 0 Å². The van der Waals surface area contributed by atoms with E-state index in [-0.39, 0.29) is 30.1 Å². The van der Waals surface area contributed by atoms with Crippen molar-refractivity contribution in [2.75, 3.05) is 57.8 Å². The van der Waals surface area contributed by atoms with Gasteiger partial charge in [-0.2, -0.15) is 0 Å². The van der Waals surface area contributed by atoms with Gasteiger partial charge >= 0.3 is 0 Å². The van der Waals surface area contributed by atoms with E-state index in [0.717, 1.165) is 68.9 Å². The first-order valence-electron chi connectivity index (χ1n) is 11.1. The number of aliphatic imine (C=N–C) groups is 1. The van der Waals surface area contributed by atoms with Gasteiger partial charge in [-0.25, -0.2) is 9.97 Å². The Kier molecular flexibility index (Phi) is 11.5. The Morgan fingerprint density at radius 3 is 2.50 bits per heavy atom. The van der Waals surface area contributed by atoms with Crippen molar-refractivity contribution in [3.63, 3.8) is 0 Å². The van der Waals surface area contributed by atoms with Gasteiger partial charge in [-0.1, -0.05) is 18.2 Å². The molecule has 1 aliphatic heterocycles. The predicted molar refractivity (Wildman–Crippen MR) is 141 cm³/mol. The summed E-state index contributed by atoms with van der Waals surface area (Å²) in [6.45, 7) is 10.8. The molecule has 0 radical (unpaired) electrons. The van der Waals surface area contributed by atoms with Gasteiger partial charge in [0.1, 0.15) is 11.9 Å². The topological polar surface area (TPSA) is 77.9 Å². The van der Waals surface area contributed by atoms with E-state index < -0.39 is 0 Å². The predicted octanol–water partition coefficient (Wildman–Crippen LogP) is 2.55. The van der Waals surface area contributed by atoms with Crippen molar-refractivity contribution in [3.8, 4) is 5.75 Å². The molecule has 3 rings (SSSR count). The smallest absolute Gasteiger partial charge is 0.225 e. The van der Waals surface area contributed by atoms with E-state index in [1.165, 1.54) is 0 Å². The lowest BCUT2D eigenvalue weighted by molar-refractivity contribution is 0.222. The van der Waals surface area contributed by atoms with E-state index in [2.05, 4.69) is 55.3 Å². The number of ether oxygens (including phenoxy) is 1. The minimum absolute atomic E-state index is 0. The Morgan fingerprint density at radius 1 is 1.09 bits per heavy atom. The van der Waals surface area contributed by atoms with Gasteiger partial charge in [-0.3, -0.25) is 9.89 Å². The Labute approximate surface area is 208 Å². The number of nitrogens with zero attached hydrogens (tertiary/aromatic N) is 5. The molecule has 9 heteroatoms. The zero-order chi connectivity index (χ0) is 21.9. The summed E-state index contributed by atoms with van der Waals surface area (Å²) in [5.74, 6) is 2.57. The van der Waals surface area contributed by atoms with Gasteiger partial charge in [-0.05, 0) is 44.5 Å². The van der Waals surface area contributed by atoms with Crippen molar-refractivity contribution >= 4 is 35.9 Å². The second-order valence-corrected chi connectivity index (χ2v) is 7.80. The maximum atomic E-state index is 6.02. The lowest BCUT2D eigenvalue weighted by atomic mass is 10.2. The fourth-order valence-electron chi connectivity index (χ4n) is 3.54. The van der Waals surface area contributed by atoms with E-state index in [0.29, 0.717) is 6.54 Å². The van der Waals surface area contributed by atoms with Crippen molar-refractivity contribution in [3.05, 3.63) is 48.3 Å². The first-order valence-corrected chi connectivity index (χ1v) is 11.1. The molecule has 2 aromatic rings. The van der Waals surface area contributed by atoms with Crippen LogP contribution in [0.25, 0.3) is 0 Å². The average Bonchev–Trinajstić information content (AvgIpc) is 2.81. The van der Waals surface area contributed by atoms with E-state index in [1.807, 2.05) is 24.3 Å². The molecule has 1 fully saturated rings. The molecule has 1 aromatic carbocycles. The van der Waals surface area contributed by atoms with Gasteiger partial charge < -0.3 is 20.3 Å². The molecule has 2 heterocycles. The van der Waals surface area contributed by atoms with Crippen LogP contribution in [0.15, 0.2) is 47.7 Å². The van der Waals surface area contributed by atoms with Crippen LogP contribution in [0.2, 0.25) is 0 Å². The summed E-state index contributed by atoms with van der Waals surface area (Å²) in [4.78, 5) is 17.8. The van der Waals surface area contributed by atoms with Crippen LogP contribution in [0.1, 0.15) is 18.9 Å². The van der Waals surface area contributed by atoms with Crippen LogP contribution < -0.4 is 20.3 Å². The van der Waals surface area contributed by atoms with Crippen molar-refractivity contribution in [1.82, 2.24) is 25.5 Å². The van der Waals surface area contributed by atoms with Gasteiger partial charge in [0.05, 0.1) is 6.54 Å². The number of benzene rings is 1. The maximum absolute atomic E-state index is 6.02. The number of piperazine rings is 1. The van der Waals surface area contributed by atoms with Crippen LogP contribution in [0.4, 0.5) is 5.95 Å². The monoisotopic (exact) mass is 553 g/mol. The minimum atomic E-state index is 0. The van der Waals surface area contributed by atoms with Gasteiger partial charge in [0, 0.05) is 52.2 Å². The number of nitrogens with one attached hydrogen (secondary N) is 2. The van der Waals surface area contributed by atoms with Crippen molar-refractivity contribution in [2.45, 2.75) is 26.4 Å². The fourth-order valence-corrected chi connectivity index (χ4v) is 3.54. The molecule has 1 aliphatic rings. The molecule has 1 aromatic heterocycles. The third-order valence-corrected chi connectivity index (χ3v) is 5.35. The number of para-hydroxylation sites is 1. The van der Waals surface area contributed by atoms with Crippen LogP contribution in [0.3, 0.4) is 0 Å². The van der Waals surface area contributed by atoms with Gasteiger partial charge in [-0.15, -0.1) is 24.0 Å². The van der Waals surface area contributed by atoms with Crippen LogP contribution in [-0.4, -0.2) is 79.8 Å². The first-order chi connectivity index (χ1) is 15.2. The molecule has 0 spiro atoms. The van der Waals surface area contributed by atoms with Crippen LogP contribution >= 0.6 is 24.0 Å². The molecule has 0 bridgehead atoms. The standard InChI is InChI=1S/C23H35N7O.HI/c1-19-8-4-5-9-21(19)31-20(2)18-28-22(24-3)25-12-7-13-29-14-16-30(17-15-29)23-26-10-6-11-27-23;/h4-6,8-11,20H,7,12-18H2,1-3H3,(H2,24,25,28);1H. The van der Waals surface area contributed by atoms with Crippen molar-refractivity contribution in [2.24, 2.45) is 4.99 Å². The van der Waals surface area contributed by atoms with Crippen molar-refractivity contribution in [1.29, 1.82) is 0 Å². The SMILES string of the molecule is CN=C(NCCCN1CCN(c2ncccn2)CC1)NCC(C)Oc1ccccc1C.I. The number of hydrogen-bond donors (Lipinski definition) is 2. The molecule has 8 nitrogen and oxygen atoms in total. The highest BCUT2D eigenvalue weighted by molar-refractivity contribution is 14.0. The van der Waals surface area contributed by atoms with Crippen LogP contribution in [0.5, 0.6) is 5.75 Å². The number of aromatic nitrogens is 2. The Bertz CT molecular complexity index is 813. The largest absolute Gasteiger partial charge is 0.489 e. The lowest BCUT2D eigenvalue weighted by Gasteiger charge is -2.34. The molecular formula is C23H36IN7O. The number of anilines is 1. The number of halogens is 1. The van der Waals surface area contributed by atoms with E-state index in [1.54, 1.807) is 19.4 Å². The molecule has 1 unspecified atom stereocenters. The molecule has 176 valence electrons. The van der Waals surface area contributed by atoms with Gasteiger partial charge in [0.25, 0.3) is 0 Å². The van der Waals surface area contributed by atoms with Crippen LogP contribution in [-0.2, 0) is 0 Å². The summed E-state index contributed by atoms with van der Waals surface area (Å²) in [6.07, 6.45) is 4.72. The summed E-state index contributed by atoms with van der Waals surface area (Å²) in [6, 6.07) is 9.94. The maximum Gasteiger partial charge on any atom is 0.225 e. The summed E-state index contributed by atoms with van der Waals surface area (Å²) in [5, 5.41) is 6.75. The molecule has 32 heavy (non-hydrogen) atoms. The fraction of sp³-hybridized carbons (Fsp3) is 0.522. The molecule has 0 aliphatic carbocycles. The van der Waals surface area contributed by atoms with E-state index in [9.17, 15) is 0 Å². The average molecular weight is 553 g/mol. The Hall–Kier alpha value is -2.14. The first kappa shape index (κ1) is 26.1. The third kappa shape index (κ3) is 8.42. The highest BCUT2D eigenvalue weighted by Crippen LogP contribution is 2.17. The quantitative estimate of drug-likeness (QED) is 0.214. The van der Waals surface area contributed by atoms with Gasteiger partial charge in [0.2, 0.25) is 5.95 Å². The Morgan fingerprint density at radius 2 is 1.81 bits per heavy atom. The zero-order valence-electron chi connectivity index (χ0n) is 19.3. The normalized spacial score (nSPS) is 15.6. The molecule has 2 N–H and O–H groups in total. The second-order valence-electron chi connectivity index (χ2n) is 7.80. The highest BCUT2D eigenvalue weighted by Gasteiger charge is 2.18. The Balaban J connectivity index is 0.00000363. The summed E-state index contributed by atoms with van der Waals surface area (Å²) in [5.41, 5.74) is 1.15. The number of aryl methyl sites for hydroxylation is 1. The van der Waals surface area contributed by atoms with Crippen molar-refractivity contribution < 1.29 is 4.74 Å². The molecule has 0 saturated carbocycles. The van der Waals surface area contributed by atoms with Crippen LogP contribution in [0, 0.1) is 6.92 Å². The minimum Gasteiger partial charge on any atom is -0.489 e. The lowest BCUT2D eigenvalue weighted by Crippen LogP contribution is -2.48. The summed E-state index contributed by atoms with van der Waals surface area (Å²) < 4.78 is 6.02. The number of rotatable bonds is 9. The number of hydrogen-bond acceptors (Lipinski definition) is 6. The molecule has 1 saturated heterocycles. The zero-order valence-corrected chi connectivity index (χ0v) is 21.7. The summed E-state index contributed by atoms with van der Waals surface area (Å²) >= 11 is 0. The molecule has 1 atom stereocenters. The van der Waals surface area contributed by atoms with E-state index in [4.69, 9.17) is 4.74 Å². The summed E-state index contributed by atoms with van der Waals surface area (Å²) in [7, 11) is 1.80. The molecular weight excluding hydrogens is 517 g/mol. The number of guanidine groups is 1.